The second-order valence-electron chi connectivity index (χ2n) is 6.71. The summed E-state index contributed by atoms with van der Waals surface area (Å²) >= 11 is 7.08. The van der Waals surface area contributed by atoms with Gasteiger partial charge in [-0.2, -0.15) is 0 Å². The van der Waals surface area contributed by atoms with Crippen molar-refractivity contribution >= 4 is 40.5 Å². The second kappa shape index (κ2) is 8.32. The van der Waals surface area contributed by atoms with Gasteiger partial charge in [-0.15, -0.1) is 11.3 Å². The number of hydrogen-bond acceptors (Lipinski definition) is 4. The van der Waals surface area contributed by atoms with Crippen molar-refractivity contribution < 1.29 is 14.4 Å². The number of nitrogens with zero attached hydrogens (tertiary/aromatic N) is 2. The number of rotatable bonds is 5. The van der Waals surface area contributed by atoms with Gasteiger partial charge in [0.1, 0.15) is 0 Å². The summed E-state index contributed by atoms with van der Waals surface area (Å²) in [7, 11) is 0. The average molecular weight is 383 g/mol. The third-order valence-electron chi connectivity index (χ3n) is 5.06. The Morgan fingerprint density at radius 3 is 2.24 bits per heavy atom. The molecule has 0 atom stereocenters. The van der Waals surface area contributed by atoms with E-state index in [1.54, 1.807) is 17.0 Å². The maximum atomic E-state index is 12.4. The average Bonchev–Trinajstić information content (AvgIpc) is 3.30. The van der Waals surface area contributed by atoms with Crippen molar-refractivity contribution in [2.45, 2.75) is 38.5 Å². The summed E-state index contributed by atoms with van der Waals surface area (Å²) in [6, 6.07) is 3.40. The van der Waals surface area contributed by atoms with Crippen molar-refractivity contribution in [3.8, 4) is 0 Å². The van der Waals surface area contributed by atoms with Gasteiger partial charge in [0, 0.05) is 44.9 Å². The molecule has 5 nitrogen and oxygen atoms in total. The maximum Gasteiger partial charge on any atom is 0.225 e. The topological polar surface area (TPSA) is 57.7 Å². The minimum Gasteiger partial charge on any atom is -0.339 e. The largest absolute Gasteiger partial charge is 0.339 e. The van der Waals surface area contributed by atoms with E-state index in [1.165, 1.54) is 11.3 Å². The summed E-state index contributed by atoms with van der Waals surface area (Å²) in [6.45, 7) is 2.34. The Labute approximate surface area is 156 Å². The van der Waals surface area contributed by atoms with E-state index in [4.69, 9.17) is 11.6 Å². The fourth-order valence-corrected chi connectivity index (χ4v) is 4.58. The van der Waals surface area contributed by atoms with E-state index >= 15 is 0 Å². The molecule has 1 aromatic heterocycles. The summed E-state index contributed by atoms with van der Waals surface area (Å²) in [6.07, 6.45) is 4.73. The molecule has 1 aliphatic heterocycles. The first-order chi connectivity index (χ1) is 12.0. The quantitative estimate of drug-likeness (QED) is 0.734. The van der Waals surface area contributed by atoms with E-state index in [1.807, 2.05) is 4.90 Å². The van der Waals surface area contributed by atoms with Crippen molar-refractivity contribution in [3.63, 3.8) is 0 Å². The highest BCUT2D eigenvalue weighted by Gasteiger charge is 2.30. The normalized spacial score (nSPS) is 18.6. The Kier molecular flexibility index (Phi) is 6.12. The van der Waals surface area contributed by atoms with Gasteiger partial charge >= 0.3 is 0 Å². The maximum absolute atomic E-state index is 12.4. The smallest absolute Gasteiger partial charge is 0.225 e. The summed E-state index contributed by atoms with van der Waals surface area (Å²) < 4.78 is 0.581. The Bertz CT molecular complexity index is 647. The Morgan fingerprint density at radius 1 is 1.00 bits per heavy atom. The third-order valence-corrected chi connectivity index (χ3v) is 6.33. The van der Waals surface area contributed by atoms with Crippen LogP contribution >= 0.6 is 22.9 Å². The highest BCUT2D eigenvalue weighted by molar-refractivity contribution is 7.18. The molecule has 1 saturated heterocycles. The van der Waals surface area contributed by atoms with Crippen LogP contribution < -0.4 is 0 Å². The van der Waals surface area contributed by atoms with Crippen LogP contribution in [0.1, 0.15) is 48.2 Å². The van der Waals surface area contributed by atoms with Gasteiger partial charge in [0.15, 0.2) is 5.78 Å². The van der Waals surface area contributed by atoms with Crippen LogP contribution in [0.2, 0.25) is 4.34 Å². The highest BCUT2D eigenvalue weighted by atomic mass is 35.5. The van der Waals surface area contributed by atoms with Crippen molar-refractivity contribution in [1.29, 1.82) is 0 Å². The summed E-state index contributed by atoms with van der Waals surface area (Å²) in [4.78, 5) is 41.1. The van der Waals surface area contributed by atoms with E-state index in [0.717, 1.165) is 25.7 Å². The molecule has 0 aromatic carbocycles. The van der Waals surface area contributed by atoms with Crippen molar-refractivity contribution in [2.24, 2.45) is 5.92 Å². The van der Waals surface area contributed by atoms with E-state index in [9.17, 15) is 14.4 Å². The van der Waals surface area contributed by atoms with E-state index in [-0.39, 0.29) is 36.4 Å². The lowest BCUT2D eigenvalue weighted by atomic mass is 10.1. The molecule has 3 rings (SSSR count). The molecule has 7 heteroatoms. The predicted octanol–water partition coefficient (Wildman–Crippen LogP) is 3.23. The van der Waals surface area contributed by atoms with Gasteiger partial charge in [-0.1, -0.05) is 24.4 Å². The van der Waals surface area contributed by atoms with E-state index in [0.29, 0.717) is 35.4 Å². The van der Waals surface area contributed by atoms with Gasteiger partial charge in [-0.05, 0) is 25.0 Å². The molecule has 0 unspecified atom stereocenters. The van der Waals surface area contributed by atoms with Gasteiger partial charge in [-0.3, -0.25) is 14.4 Å². The molecular weight excluding hydrogens is 360 g/mol. The van der Waals surface area contributed by atoms with Crippen LogP contribution in [0.3, 0.4) is 0 Å². The SMILES string of the molecule is O=C(CCC(=O)N1CCN(C(=O)C2CCCC2)CC1)c1ccc(Cl)s1. The Hall–Kier alpha value is -1.40. The summed E-state index contributed by atoms with van der Waals surface area (Å²) in [5.74, 6) is 0.399. The Balaban J connectivity index is 1.42. The first kappa shape index (κ1) is 18.4. The lowest BCUT2D eigenvalue weighted by molar-refractivity contribution is -0.142. The molecule has 1 aromatic rings. The predicted molar refractivity (Wildman–Crippen MR) is 98.0 cm³/mol. The summed E-state index contributed by atoms with van der Waals surface area (Å²) in [5, 5.41) is 0. The Morgan fingerprint density at radius 2 is 1.64 bits per heavy atom. The molecule has 0 N–H and O–H groups in total. The molecule has 1 saturated carbocycles. The van der Waals surface area contributed by atoms with Crippen LogP contribution in [-0.2, 0) is 9.59 Å². The first-order valence-electron chi connectivity index (χ1n) is 8.89. The molecule has 0 spiro atoms. The molecule has 0 bridgehead atoms. The van der Waals surface area contributed by atoms with Crippen LogP contribution in [0.5, 0.6) is 0 Å². The van der Waals surface area contributed by atoms with Crippen molar-refractivity contribution in [2.75, 3.05) is 26.2 Å². The number of ketones is 1. The fourth-order valence-electron chi connectivity index (χ4n) is 3.57. The second-order valence-corrected chi connectivity index (χ2v) is 8.43. The number of hydrogen-bond donors (Lipinski definition) is 0. The molecule has 2 fully saturated rings. The van der Waals surface area contributed by atoms with Gasteiger partial charge in [0.05, 0.1) is 9.21 Å². The number of piperazine rings is 1. The fraction of sp³-hybridized carbons (Fsp3) is 0.611. The number of carbonyl (C=O) groups excluding carboxylic acids is 3. The van der Waals surface area contributed by atoms with Gasteiger partial charge in [0.2, 0.25) is 11.8 Å². The zero-order valence-corrected chi connectivity index (χ0v) is 15.8. The first-order valence-corrected chi connectivity index (χ1v) is 10.1. The van der Waals surface area contributed by atoms with Crippen LogP contribution in [0.25, 0.3) is 0 Å². The molecule has 1 aliphatic carbocycles. The van der Waals surface area contributed by atoms with Crippen molar-refractivity contribution in [1.82, 2.24) is 9.80 Å². The summed E-state index contributed by atoms with van der Waals surface area (Å²) in [5.41, 5.74) is 0. The van der Waals surface area contributed by atoms with Crippen LogP contribution in [0, 0.1) is 5.92 Å². The minimum atomic E-state index is -0.0414. The van der Waals surface area contributed by atoms with Gasteiger partial charge in [-0.25, -0.2) is 0 Å². The number of carbonyl (C=O) groups is 3. The number of Topliss-reactive ketones (excluding diaryl/α,β-unsaturated/α-hetero) is 1. The third kappa shape index (κ3) is 4.61. The number of thiophene rings is 1. The minimum absolute atomic E-state index is 0.0102. The molecule has 2 amide bonds. The standard InChI is InChI=1S/C18H23ClN2O3S/c19-16-7-6-15(25-16)14(22)5-8-17(23)20-9-11-21(12-10-20)18(24)13-3-1-2-4-13/h6-7,13H,1-5,8-12H2. The van der Waals surface area contributed by atoms with Gasteiger partial charge in [0.25, 0.3) is 0 Å². The van der Waals surface area contributed by atoms with E-state index in [2.05, 4.69) is 0 Å². The molecule has 136 valence electrons. The number of amides is 2. The van der Waals surface area contributed by atoms with Crippen LogP contribution in [0.15, 0.2) is 12.1 Å². The van der Waals surface area contributed by atoms with Crippen molar-refractivity contribution in [3.05, 3.63) is 21.3 Å². The zero-order chi connectivity index (χ0) is 17.8. The lowest BCUT2D eigenvalue weighted by Crippen LogP contribution is -2.51. The molecule has 2 heterocycles. The number of halogens is 1. The van der Waals surface area contributed by atoms with Crippen LogP contribution in [0.4, 0.5) is 0 Å². The van der Waals surface area contributed by atoms with Gasteiger partial charge < -0.3 is 9.80 Å². The molecule has 2 aliphatic rings. The highest BCUT2D eigenvalue weighted by Crippen LogP contribution is 2.27. The molecular formula is C18H23ClN2O3S. The van der Waals surface area contributed by atoms with E-state index < -0.39 is 0 Å². The zero-order valence-electron chi connectivity index (χ0n) is 14.2. The van der Waals surface area contributed by atoms with Crippen LogP contribution in [-0.4, -0.2) is 53.6 Å². The molecule has 25 heavy (non-hydrogen) atoms. The monoisotopic (exact) mass is 382 g/mol. The molecule has 0 radical (unpaired) electrons. The lowest BCUT2D eigenvalue weighted by Gasteiger charge is -2.36.